The van der Waals surface area contributed by atoms with Crippen LogP contribution in [0.5, 0.6) is 0 Å². The molecular formula is C27H31N7O5S2. The molecule has 216 valence electrons. The third kappa shape index (κ3) is 5.56. The van der Waals surface area contributed by atoms with Gasteiger partial charge in [-0.25, -0.2) is 26.7 Å². The van der Waals surface area contributed by atoms with E-state index in [9.17, 15) is 22.0 Å². The van der Waals surface area contributed by atoms with E-state index in [2.05, 4.69) is 25.7 Å². The van der Waals surface area contributed by atoms with Crippen LogP contribution in [0.3, 0.4) is 0 Å². The van der Waals surface area contributed by atoms with E-state index in [0.29, 0.717) is 30.9 Å². The van der Waals surface area contributed by atoms with Gasteiger partial charge in [-0.1, -0.05) is 29.0 Å². The van der Waals surface area contributed by atoms with Crippen molar-refractivity contribution in [3.63, 3.8) is 0 Å². The molecule has 2 fully saturated rings. The Hall–Kier alpha value is -3.46. The van der Waals surface area contributed by atoms with E-state index in [1.807, 2.05) is 26.0 Å². The molecule has 2 aromatic carbocycles. The number of rotatable bonds is 7. The van der Waals surface area contributed by atoms with Crippen molar-refractivity contribution in [2.24, 2.45) is 4.36 Å². The molecule has 1 atom stereocenters. The number of piperidine rings is 1. The lowest BCUT2D eigenvalue weighted by Crippen LogP contribution is -2.38. The summed E-state index contributed by atoms with van der Waals surface area (Å²) in [7, 11) is -7.35. The Morgan fingerprint density at radius 3 is 2.37 bits per heavy atom. The first-order valence-corrected chi connectivity index (χ1v) is 16.4. The van der Waals surface area contributed by atoms with Crippen molar-refractivity contribution in [2.45, 2.75) is 67.8 Å². The molecule has 0 spiro atoms. The van der Waals surface area contributed by atoms with Crippen LogP contribution in [-0.2, 0) is 26.6 Å². The van der Waals surface area contributed by atoms with Crippen molar-refractivity contribution in [2.75, 3.05) is 13.1 Å². The number of aromatic nitrogens is 5. The van der Waals surface area contributed by atoms with Crippen molar-refractivity contribution in [1.29, 1.82) is 0 Å². The Kier molecular flexibility index (Phi) is 7.04. The summed E-state index contributed by atoms with van der Waals surface area (Å²) in [5, 5.41) is 8.23. The highest BCUT2D eigenvalue weighted by Crippen LogP contribution is 2.30. The van der Waals surface area contributed by atoms with Crippen LogP contribution in [-0.4, -0.2) is 65.6 Å². The van der Waals surface area contributed by atoms with Crippen LogP contribution in [0.4, 0.5) is 0 Å². The molecule has 2 aromatic heterocycles. The predicted octanol–water partition coefficient (Wildman–Crippen LogP) is 3.21. The Balaban J connectivity index is 1.19. The molecule has 2 aliphatic rings. The summed E-state index contributed by atoms with van der Waals surface area (Å²) in [6, 6.07) is 11.5. The Morgan fingerprint density at radius 2 is 1.68 bits per heavy atom. The largest absolute Gasteiger partial charge is 0.308 e. The lowest BCUT2D eigenvalue weighted by Gasteiger charge is -2.30. The number of hydrogen-bond acceptors (Lipinski definition) is 8. The van der Waals surface area contributed by atoms with E-state index < -0.39 is 20.0 Å². The molecule has 1 saturated carbocycles. The van der Waals surface area contributed by atoms with Crippen LogP contribution in [0.25, 0.3) is 11.2 Å². The highest BCUT2D eigenvalue weighted by molar-refractivity contribution is 7.89. The molecule has 1 saturated heterocycles. The Bertz CT molecular complexity index is 1910. The van der Waals surface area contributed by atoms with Crippen LogP contribution in [0.1, 0.15) is 54.1 Å². The van der Waals surface area contributed by atoms with Crippen LogP contribution < -0.4 is 5.56 Å². The lowest BCUT2D eigenvalue weighted by atomic mass is 9.97. The highest BCUT2D eigenvalue weighted by atomic mass is 32.2. The zero-order chi connectivity index (χ0) is 28.9. The molecule has 41 heavy (non-hydrogen) atoms. The minimum absolute atomic E-state index is 0.0516. The van der Waals surface area contributed by atoms with Crippen molar-refractivity contribution < 1.29 is 17.2 Å². The molecule has 0 radical (unpaired) electrons. The van der Waals surface area contributed by atoms with E-state index in [0.717, 1.165) is 29.5 Å². The minimum atomic E-state index is -3.81. The molecule has 1 unspecified atom stereocenters. The smallest absolute Gasteiger partial charge is 0.281 e. The van der Waals surface area contributed by atoms with Gasteiger partial charge >= 0.3 is 0 Å². The quantitative estimate of drug-likeness (QED) is 0.328. The fourth-order valence-electron chi connectivity index (χ4n) is 5.07. The monoisotopic (exact) mass is 597 g/mol. The molecule has 12 nitrogen and oxygen atoms in total. The number of hydrogen-bond donors (Lipinski definition) is 2. The molecule has 2 N–H and O–H groups in total. The average molecular weight is 598 g/mol. The SMILES string of the molecule is Cc1ccc(C)c(Cn2nnc3c(=O)[nH]c(C4CCN(S(=O)(=O)c5ccc(S(=O)(O)=NC6CC6)cc5)CC4)nc32)c1. The highest BCUT2D eigenvalue weighted by Gasteiger charge is 2.32. The van der Waals surface area contributed by atoms with E-state index in [-0.39, 0.29) is 45.9 Å². The van der Waals surface area contributed by atoms with Crippen molar-refractivity contribution in [3.8, 4) is 0 Å². The van der Waals surface area contributed by atoms with E-state index in [4.69, 9.17) is 4.98 Å². The van der Waals surface area contributed by atoms with Crippen molar-refractivity contribution in [3.05, 3.63) is 75.3 Å². The van der Waals surface area contributed by atoms with Gasteiger partial charge in [0.25, 0.3) is 5.56 Å². The number of aromatic amines is 1. The second kappa shape index (κ2) is 10.4. The average Bonchev–Trinajstić information content (AvgIpc) is 3.67. The van der Waals surface area contributed by atoms with Gasteiger partial charge in [-0.15, -0.1) is 5.10 Å². The van der Waals surface area contributed by atoms with Crippen molar-refractivity contribution >= 4 is 31.2 Å². The minimum Gasteiger partial charge on any atom is -0.308 e. The first-order valence-electron chi connectivity index (χ1n) is 13.5. The lowest BCUT2D eigenvalue weighted by molar-refractivity contribution is 0.313. The Morgan fingerprint density at radius 1 is 1.00 bits per heavy atom. The third-order valence-electron chi connectivity index (χ3n) is 7.66. The second-order valence-electron chi connectivity index (χ2n) is 10.8. The summed E-state index contributed by atoms with van der Waals surface area (Å²) in [6.07, 6.45) is 2.53. The Labute approximate surface area is 237 Å². The van der Waals surface area contributed by atoms with Crippen LogP contribution >= 0.6 is 0 Å². The molecule has 3 heterocycles. The van der Waals surface area contributed by atoms with Crippen LogP contribution in [0.2, 0.25) is 0 Å². The van der Waals surface area contributed by atoms with Gasteiger partial charge in [0.2, 0.25) is 10.0 Å². The number of nitrogens with one attached hydrogen (secondary N) is 1. The van der Waals surface area contributed by atoms with E-state index >= 15 is 0 Å². The van der Waals surface area contributed by atoms with Crippen LogP contribution in [0, 0.1) is 13.8 Å². The van der Waals surface area contributed by atoms with Gasteiger partial charge in [-0.05, 0) is 74.9 Å². The summed E-state index contributed by atoms with van der Waals surface area (Å²) < 4.78 is 56.3. The summed E-state index contributed by atoms with van der Waals surface area (Å²) >= 11 is 0. The molecule has 1 aliphatic heterocycles. The number of nitrogens with zero attached hydrogens (tertiary/aromatic N) is 6. The van der Waals surface area contributed by atoms with Gasteiger partial charge in [0.15, 0.2) is 21.2 Å². The first-order chi connectivity index (χ1) is 19.5. The maximum atomic E-state index is 13.3. The number of sulfonamides is 1. The first kappa shape index (κ1) is 27.7. The number of H-pyrrole nitrogens is 1. The normalized spacial score (nSPS) is 18.4. The molecule has 0 bridgehead atoms. The van der Waals surface area contributed by atoms with Gasteiger partial charge in [-0.2, -0.15) is 4.31 Å². The van der Waals surface area contributed by atoms with Gasteiger partial charge in [-0.3, -0.25) is 9.35 Å². The molecule has 1 aliphatic carbocycles. The van der Waals surface area contributed by atoms with Gasteiger partial charge in [0.1, 0.15) is 5.82 Å². The maximum absolute atomic E-state index is 13.3. The molecule has 0 amide bonds. The van der Waals surface area contributed by atoms with E-state index in [1.54, 1.807) is 4.68 Å². The molecule has 6 rings (SSSR count). The third-order valence-corrected chi connectivity index (χ3v) is 11.0. The number of benzene rings is 2. The van der Waals surface area contributed by atoms with Gasteiger partial charge < -0.3 is 4.98 Å². The summed E-state index contributed by atoms with van der Waals surface area (Å²) in [5.41, 5.74) is 3.47. The topological polar surface area (TPSA) is 163 Å². The molecule has 14 heteroatoms. The molecular weight excluding hydrogens is 566 g/mol. The zero-order valence-electron chi connectivity index (χ0n) is 22.7. The summed E-state index contributed by atoms with van der Waals surface area (Å²) in [4.78, 5) is 20.5. The van der Waals surface area contributed by atoms with Crippen molar-refractivity contribution in [1.82, 2.24) is 29.3 Å². The van der Waals surface area contributed by atoms with Gasteiger partial charge in [0, 0.05) is 19.0 Å². The van der Waals surface area contributed by atoms with E-state index in [1.165, 1.54) is 28.6 Å². The standard InChI is InChI=1S/C27H31N7O5S2/c1-17-3-4-18(2)20(15-17)16-34-26-24(30-32-34)27(35)29-25(28-26)19-11-13-33(14-12-19)41(38,39)23-9-7-22(8-10-23)40(36,37)31-21-5-6-21/h3-4,7-10,15,19,21H,5-6,11-14,16H2,1-2H3,(H,28,29,35)(H,31,36,37). The number of fused-ring (bicyclic) bond motifs is 1. The fourth-order valence-corrected chi connectivity index (χ4v) is 7.76. The summed E-state index contributed by atoms with van der Waals surface area (Å²) in [6.45, 7) is 4.94. The predicted molar refractivity (Wildman–Crippen MR) is 153 cm³/mol. The second-order valence-corrected chi connectivity index (χ2v) is 14.4. The number of aryl methyl sites for hydroxylation is 2. The van der Waals surface area contributed by atoms with Gasteiger partial charge in [0.05, 0.1) is 22.4 Å². The summed E-state index contributed by atoms with van der Waals surface area (Å²) in [5.74, 6) is 0.346. The fraction of sp³-hybridized carbons (Fsp3) is 0.407. The zero-order valence-corrected chi connectivity index (χ0v) is 24.4. The maximum Gasteiger partial charge on any atom is 0.281 e. The molecule has 4 aromatic rings. The van der Waals surface area contributed by atoms with Crippen LogP contribution in [0.15, 0.2) is 61.4 Å².